The summed E-state index contributed by atoms with van der Waals surface area (Å²) in [6.07, 6.45) is -4.72. The first-order chi connectivity index (χ1) is 12.0. The average molecular weight is 390 g/mol. The molecule has 0 bridgehead atoms. The lowest BCUT2D eigenvalue weighted by molar-refractivity contribution is -0.138. The molecule has 1 aromatic carbocycles. The molecule has 2 aromatic rings. The van der Waals surface area contributed by atoms with E-state index in [4.69, 9.17) is 0 Å². The highest BCUT2D eigenvalue weighted by atomic mass is 32.2. The van der Waals surface area contributed by atoms with Gasteiger partial charge in [-0.25, -0.2) is 8.42 Å². The molecule has 0 atom stereocenters. The lowest BCUT2D eigenvalue weighted by Crippen LogP contribution is -2.34. The fourth-order valence-electron chi connectivity index (χ4n) is 2.28. The highest BCUT2D eigenvalue weighted by Gasteiger charge is 2.27. The molecule has 0 saturated carbocycles. The Morgan fingerprint density at radius 3 is 2.31 bits per heavy atom. The van der Waals surface area contributed by atoms with Crippen LogP contribution in [0.3, 0.4) is 0 Å². The smallest absolute Gasteiger partial charge is 0.347 e. The van der Waals surface area contributed by atoms with E-state index >= 15 is 0 Å². The number of sulfonamides is 1. The zero-order valence-corrected chi connectivity index (χ0v) is 14.8. The van der Waals surface area contributed by atoms with Crippen LogP contribution in [0, 0.1) is 13.8 Å². The Hall–Kier alpha value is -2.56. The van der Waals surface area contributed by atoms with Gasteiger partial charge in [0.25, 0.3) is 10.0 Å². The van der Waals surface area contributed by atoms with Crippen LogP contribution in [0.2, 0.25) is 0 Å². The first-order valence-electron chi connectivity index (χ1n) is 7.45. The molecule has 26 heavy (non-hydrogen) atoms. The Morgan fingerprint density at radius 1 is 1.19 bits per heavy atom. The van der Waals surface area contributed by atoms with Gasteiger partial charge in [0.2, 0.25) is 5.91 Å². The minimum Gasteiger partial charge on any atom is -0.347 e. The molecule has 0 fully saturated rings. The molecule has 1 amide bonds. The van der Waals surface area contributed by atoms with Gasteiger partial charge < -0.3 is 5.32 Å². The van der Waals surface area contributed by atoms with Crippen molar-refractivity contribution in [2.45, 2.75) is 31.3 Å². The lowest BCUT2D eigenvalue weighted by atomic mass is 10.1. The van der Waals surface area contributed by atoms with Crippen LogP contribution in [0.5, 0.6) is 0 Å². The van der Waals surface area contributed by atoms with Crippen molar-refractivity contribution in [1.29, 1.82) is 0 Å². The summed E-state index contributed by atoms with van der Waals surface area (Å²) in [7, 11) is -3.84. The van der Waals surface area contributed by atoms with Crippen molar-refractivity contribution in [3.8, 4) is 0 Å². The van der Waals surface area contributed by atoms with Gasteiger partial charge in [-0.2, -0.15) is 18.3 Å². The van der Waals surface area contributed by atoms with Crippen molar-refractivity contribution >= 4 is 21.6 Å². The maximum atomic E-state index is 12.4. The zero-order chi connectivity index (χ0) is 19.5. The number of H-pyrrole nitrogens is 1. The number of hydrogen-bond donors (Lipinski definition) is 3. The van der Waals surface area contributed by atoms with Gasteiger partial charge in [0.15, 0.2) is 0 Å². The molecule has 0 aliphatic heterocycles. The molecule has 0 radical (unpaired) electrons. The number of aromatic nitrogens is 2. The van der Waals surface area contributed by atoms with Gasteiger partial charge in [0.1, 0.15) is 11.4 Å². The highest BCUT2D eigenvalue weighted by Crippen LogP contribution is 2.21. The summed E-state index contributed by atoms with van der Waals surface area (Å²) in [5.74, 6) is -0.777. The zero-order valence-electron chi connectivity index (χ0n) is 13.9. The molecule has 0 unspecified atom stereocenters. The number of benzene rings is 1. The van der Waals surface area contributed by atoms with Crippen LogP contribution in [0.25, 0.3) is 0 Å². The summed E-state index contributed by atoms with van der Waals surface area (Å²) < 4.78 is 63.4. The van der Waals surface area contributed by atoms with E-state index in [9.17, 15) is 26.4 Å². The quantitative estimate of drug-likeness (QED) is 0.702. The van der Waals surface area contributed by atoms with Gasteiger partial charge in [-0.15, -0.1) is 0 Å². The van der Waals surface area contributed by atoms with Crippen molar-refractivity contribution in [3.63, 3.8) is 0 Å². The van der Waals surface area contributed by atoms with Gasteiger partial charge in [0, 0.05) is 5.69 Å². The van der Waals surface area contributed by atoms with E-state index < -0.39 is 28.7 Å². The number of aromatic amines is 1. The minimum atomic E-state index is -4.47. The van der Waals surface area contributed by atoms with E-state index in [-0.39, 0.29) is 17.0 Å². The molecule has 7 nitrogen and oxygen atoms in total. The number of rotatable bonds is 6. The summed E-state index contributed by atoms with van der Waals surface area (Å²) in [5, 5.41) is 8.19. The molecule has 142 valence electrons. The lowest BCUT2D eigenvalue weighted by Gasteiger charge is -2.10. The summed E-state index contributed by atoms with van der Waals surface area (Å²) in [4.78, 5) is 11.5. The summed E-state index contributed by atoms with van der Waals surface area (Å²) in [6, 6.07) is 5.77. The van der Waals surface area contributed by atoms with Crippen molar-refractivity contribution in [1.82, 2.24) is 15.5 Å². The largest absolute Gasteiger partial charge is 0.405 e. The number of aryl methyl sites for hydroxylation is 2. The van der Waals surface area contributed by atoms with Gasteiger partial charge >= 0.3 is 6.18 Å². The molecule has 0 spiro atoms. The van der Waals surface area contributed by atoms with Crippen LogP contribution in [0.15, 0.2) is 29.2 Å². The number of alkyl halides is 3. The van der Waals surface area contributed by atoms with Crippen LogP contribution in [-0.2, 0) is 21.2 Å². The monoisotopic (exact) mass is 390 g/mol. The van der Waals surface area contributed by atoms with E-state index in [0.29, 0.717) is 17.0 Å². The number of anilines is 1. The van der Waals surface area contributed by atoms with Crippen LogP contribution < -0.4 is 10.0 Å². The molecule has 2 rings (SSSR count). The molecule has 11 heteroatoms. The fourth-order valence-corrected chi connectivity index (χ4v) is 3.71. The molecule has 0 aliphatic carbocycles. The van der Waals surface area contributed by atoms with Crippen molar-refractivity contribution in [3.05, 3.63) is 41.2 Å². The van der Waals surface area contributed by atoms with Crippen molar-refractivity contribution < 1.29 is 26.4 Å². The molecule has 1 heterocycles. The minimum absolute atomic E-state index is 0.0492. The van der Waals surface area contributed by atoms with Gasteiger partial charge in [-0.1, -0.05) is 12.1 Å². The number of halogens is 3. The van der Waals surface area contributed by atoms with Gasteiger partial charge in [-0.05, 0) is 31.5 Å². The predicted molar refractivity (Wildman–Crippen MR) is 88.1 cm³/mol. The second-order valence-electron chi connectivity index (χ2n) is 5.63. The van der Waals surface area contributed by atoms with E-state index in [0.717, 1.165) is 0 Å². The van der Waals surface area contributed by atoms with E-state index in [1.807, 2.05) is 0 Å². The van der Waals surface area contributed by atoms with Crippen molar-refractivity contribution in [2.24, 2.45) is 0 Å². The normalized spacial score (nSPS) is 12.0. The Bertz CT molecular complexity index is 870. The summed E-state index contributed by atoms with van der Waals surface area (Å²) in [6.45, 7) is 1.74. The van der Waals surface area contributed by atoms with E-state index in [1.54, 1.807) is 19.2 Å². The number of carbonyl (C=O) groups is 1. The maximum Gasteiger partial charge on any atom is 0.405 e. The van der Waals surface area contributed by atoms with Crippen molar-refractivity contribution in [2.75, 3.05) is 11.3 Å². The Morgan fingerprint density at radius 2 is 1.81 bits per heavy atom. The Balaban J connectivity index is 2.02. The number of amides is 1. The molecule has 3 N–H and O–H groups in total. The third-order valence-electron chi connectivity index (χ3n) is 3.39. The SMILES string of the molecule is Cc1n[nH]c(C)c1S(=O)(=O)Nc1ccc(CC(=O)NCC(F)(F)F)cc1. The first-order valence-corrected chi connectivity index (χ1v) is 8.93. The number of hydrogen-bond acceptors (Lipinski definition) is 4. The van der Waals surface area contributed by atoms with Crippen LogP contribution in [-0.4, -0.2) is 37.2 Å². The molecule has 1 aromatic heterocycles. The predicted octanol–water partition coefficient (Wildman–Crippen LogP) is 2.05. The second-order valence-corrected chi connectivity index (χ2v) is 7.25. The van der Waals surface area contributed by atoms with Crippen LogP contribution in [0.4, 0.5) is 18.9 Å². The fraction of sp³-hybridized carbons (Fsp3) is 0.333. The number of nitrogens with one attached hydrogen (secondary N) is 3. The number of carbonyl (C=O) groups excluding carboxylic acids is 1. The standard InChI is InChI=1S/C15H17F3N4O3S/c1-9-14(10(2)21-20-9)26(24,25)22-12-5-3-11(4-6-12)7-13(23)19-8-15(16,17)18/h3-6,22H,7-8H2,1-2H3,(H,19,23)(H,20,21). The van der Waals surface area contributed by atoms with Gasteiger partial charge in [-0.3, -0.25) is 14.6 Å². The van der Waals surface area contributed by atoms with E-state index in [2.05, 4.69) is 14.9 Å². The topological polar surface area (TPSA) is 104 Å². The Kier molecular flexibility index (Phi) is 5.59. The van der Waals surface area contributed by atoms with Crippen LogP contribution >= 0.6 is 0 Å². The first kappa shape index (κ1) is 19.8. The molecule has 0 saturated heterocycles. The third kappa shape index (κ3) is 5.22. The second kappa shape index (κ2) is 7.36. The number of nitrogens with zero attached hydrogens (tertiary/aromatic N) is 1. The average Bonchev–Trinajstić information content (AvgIpc) is 2.86. The summed E-state index contributed by atoms with van der Waals surface area (Å²) >= 11 is 0. The van der Waals surface area contributed by atoms with Gasteiger partial charge in [0.05, 0.1) is 17.8 Å². The maximum absolute atomic E-state index is 12.4. The van der Waals surface area contributed by atoms with Crippen LogP contribution in [0.1, 0.15) is 17.0 Å². The molecular weight excluding hydrogens is 373 g/mol. The molecular formula is C15H17F3N4O3S. The van der Waals surface area contributed by atoms with E-state index in [1.165, 1.54) is 24.3 Å². The summed E-state index contributed by atoms with van der Waals surface area (Å²) in [5.41, 5.74) is 1.42. The molecule has 0 aliphatic rings. The Labute approximate surface area is 148 Å². The third-order valence-corrected chi connectivity index (χ3v) is 5.03. The highest BCUT2D eigenvalue weighted by molar-refractivity contribution is 7.92.